The summed E-state index contributed by atoms with van der Waals surface area (Å²) in [6.45, 7) is 0.485. The highest BCUT2D eigenvalue weighted by Crippen LogP contribution is 2.19. The predicted molar refractivity (Wildman–Crippen MR) is 80.4 cm³/mol. The summed E-state index contributed by atoms with van der Waals surface area (Å²) in [5.74, 6) is 6.60. The first-order chi connectivity index (χ1) is 10.1. The van der Waals surface area contributed by atoms with Crippen LogP contribution < -0.4 is 10.6 Å². The summed E-state index contributed by atoms with van der Waals surface area (Å²) in [5, 5.41) is 7.99. The topological polar surface area (TPSA) is 86.3 Å². The van der Waals surface area contributed by atoms with E-state index in [4.69, 9.17) is 10.6 Å². The fourth-order valence-electron chi connectivity index (χ4n) is 1.75. The number of nitrogen functional groups attached to an aromatic ring is 1. The van der Waals surface area contributed by atoms with Gasteiger partial charge in [0.25, 0.3) is 0 Å². The van der Waals surface area contributed by atoms with E-state index in [2.05, 4.69) is 10.2 Å². The molecule has 21 heavy (non-hydrogen) atoms. The molecule has 7 nitrogen and oxygen atoms in total. The number of nitrogens with zero attached hydrogens (tertiary/aromatic N) is 4. The number of hydrogen-bond donors (Lipinski definition) is 1. The molecule has 1 aromatic heterocycles. The minimum Gasteiger partial charge on any atom is -0.496 e. The molecule has 0 bridgehead atoms. The molecule has 0 spiro atoms. The van der Waals surface area contributed by atoms with Gasteiger partial charge in [-0.3, -0.25) is 4.79 Å². The van der Waals surface area contributed by atoms with Gasteiger partial charge in [-0.15, -0.1) is 10.2 Å². The number of amides is 1. The first kappa shape index (κ1) is 15.2. The van der Waals surface area contributed by atoms with Gasteiger partial charge in [0, 0.05) is 19.2 Å². The number of nitrogens with two attached hydrogens (primary N) is 1. The zero-order chi connectivity index (χ0) is 15.2. The van der Waals surface area contributed by atoms with Crippen LogP contribution in [0.3, 0.4) is 0 Å². The zero-order valence-electron chi connectivity index (χ0n) is 11.9. The van der Waals surface area contributed by atoms with Crippen LogP contribution in [0.5, 0.6) is 5.75 Å². The van der Waals surface area contributed by atoms with Crippen LogP contribution in [0.25, 0.3) is 0 Å². The average molecular weight is 307 g/mol. The van der Waals surface area contributed by atoms with Crippen LogP contribution in [-0.4, -0.2) is 45.6 Å². The van der Waals surface area contributed by atoms with Gasteiger partial charge in [0.05, 0.1) is 12.9 Å². The number of carbonyl (C=O) groups is 1. The number of aromatic nitrogens is 3. The maximum absolute atomic E-state index is 12.1. The van der Waals surface area contributed by atoms with Crippen molar-refractivity contribution in [1.82, 2.24) is 19.8 Å². The Labute approximate surface area is 127 Å². The van der Waals surface area contributed by atoms with Crippen LogP contribution in [0.2, 0.25) is 0 Å². The molecule has 0 aliphatic carbocycles. The van der Waals surface area contributed by atoms with Crippen molar-refractivity contribution in [2.75, 3.05) is 25.8 Å². The van der Waals surface area contributed by atoms with E-state index < -0.39 is 0 Å². The number of rotatable bonds is 6. The quantitative estimate of drug-likeness (QED) is 0.626. The molecule has 0 fully saturated rings. The molecular formula is C13H17N5O2S. The zero-order valence-corrected chi connectivity index (χ0v) is 12.7. The van der Waals surface area contributed by atoms with E-state index in [0.29, 0.717) is 11.7 Å². The summed E-state index contributed by atoms with van der Waals surface area (Å²) in [6.07, 6.45) is 1.39. The number of carbonyl (C=O) groups excluding carboxylic acids is 1. The molecule has 0 radical (unpaired) electrons. The second kappa shape index (κ2) is 6.98. The van der Waals surface area contributed by atoms with Gasteiger partial charge >= 0.3 is 0 Å². The molecule has 112 valence electrons. The van der Waals surface area contributed by atoms with Crippen molar-refractivity contribution in [2.24, 2.45) is 0 Å². The molecule has 1 amide bonds. The molecule has 0 saturated carbocycles. The number of hydrogen-bond acceptors (Lipinski definition) is 6. The fraction of sp³-hybridized carbons (Fsp3) is 0.308. The van der Waals surface area contributed by atoms with Crippen molar-refractivity contribution in [3.05, 3.63) is 36.2 Å². The van der Waals surface area contributed by atoms with Gasteiger partial charge in [0.2, 0.25) is 11.1 Å². The van der Waals surface area contributed by atoms with Gasteiger partial charge in [0.1, 0.15) is 12.1 Å². The number of ether oxygens (including phenoxy) is 1. The second-order valence-electron chi connectivity index (χ2n) is 4.37. The lowest BCUT2D eigenvalue weighted by atomic mass is 10.2. The SMILES string of the molecule is COc1ccccc1CN(C)C(=O)CSc1nncn1N. The van der Waals surface area contributed by atoms with Crippen LogP contribution >= 0.6 is 11.8 Å². The molecule has 2 N–H and O–H groups in total. The third kappa shape index (κ3) is 3.88. The Kier molecular flexibility index (Phi) is 5.04. The lowest BCUT2D eigenvalue weighted by Crippen LogP contribution is -2.28. The summed E-state index contributed by atoms with van der Waals surface area (Å²) in [4.78, 5) is 13.8. The van der Waals surface area contributed by atoms with Crippen molar-refractivity contribution in [3.63, 3.8) is 0 Å². The first-order valence-electron chi connectivity index (χ1n) is 6.25. The van der Waals surface area contributed by atoms with Gasteiger partial charge < -0.3 is 15.5 Å². The Morgan fingerprint density at radius 1 is 1.48 bits per heavy atom. The highest BCUT2D eigenvalue weighted by molar-refractivity contribution is 7.99. The van der Waals surface area contributed by atoms with E-state index in [1.807, 2.05) is 24.3 Å². The second-order valence-corrected chi connectivity index (χ2v) is 5.31. The van der Waals surface area contributed by atoms with Crippen LogP contribution in [0.15, 0.2) is 35.7 Å². The standard InChI is InChI=1S/C13H17N5O2S/c1-17(7-10-5-3-4-6-11(10)20-2)12(19)8-21-13-16-15-9-18(13)14/h3-6,9H,7-8,14H2,1-2H3. The van der Waals surface area contributed by atoms with E-state index in [0.717, 1.165) is 11.3 Å². The third-order valence-corrected chi connectivity index (χ3v) is 3.83. The Bertz CT molecular complexity index is 616. The van der Waals surface area contributed by atoms with Crippen molar-refractivity contribution < 1.29 is 9.53 Å². The van der Waals surface area contributed by atoms with Crippen molar-refractivity contribution in [3.8, 4) is 5.75 Å². The maximum Gasteiger partial charge on any atom is 0.233 e. The molecule has 0 aliphatic rings. The minimum atomic E-state index is -0.0195. The average Bonchev–Trinajstić information content (AvgIpc) is 2.90. The Morgan fingerprint density at radius 3 is 2.90 bits per heavy atom. The molecular weight excluding hydrogens is 290 g/mol. The van der Waals surface area contributed by atoms with Crippen LogP contribution in [0.1, 0.15) is 5.56 Å². The largest absolute Gasteiger partial charge is 0.496 e. The summed E-state index contributed by atoms with van der Waals surface area (Å²) in [7, 11) is 3.37. The third-order valence-electron chi connectivity index (χ3n) is 2.89. The number of thioether (sulfide) groups is 1. The van der Waals surface area contributed by atoms with Gasteiger partial charge in [0.15, 0.2) is 0 Å². The Morgan fingerprint density at radius 2 is 2.24 bits per heavy atom. The summed E-state index contributed by atoms with van der Waals surface area (Å²) < 4.78 is 6.57. The molecule has 2 rings (SSSR count). The Balaban J connectivity index is 1.92. The monoisotopic (exact) mass is 307 g/mol. The smallest absolute Gasteiger partial charge is 0.233 e. The lowest BCUT2D eigenvalue weighted by molar-refractivity contribution is -0.127. The molecule has 0 unspecified atom stereocenters. The van der Waals surface area contributed by atoms with E-state index in [-0.39, 0.29) is 11.7 Å². The van der Waals surface area contributed by atoms with E-state index in [9.17, 15) is 4.79 Å². The van der Waals surface area contributed by atoms with Gasteiger partial charge in [-0.2, -0.15) is 0 Å². The summed E-state index contributed by atoms with van der Waals surface area (Å²) >= 11 is 1.25. The van der Waals surface area contributed by atoms with Gasteiger partial charge in [-0.1, -0.05) is 30.0 Å². The molecule has 0 saturated heterocycles. The summed E-state index contributed by atoms with van der Waals surface area (Å²) in [5.41, 5.74) is 0.961. The van der Waals surface area contributed by atoms with Gasteiger partial charge in [-0.25, -0.2) is 4.68 Å². The van der Waals surface area contributed by atoms with Crippen molar-refractivity contribution in [2.45, 2.75) is 11.7 Å². The predicted octanol–water partition coefficient (Wildman–Crippen LogP) is 0.751. The summed E-state index contributed by atoms with van der Waals surface area (Å²) in [6, 6.07) is 7.63. The maximum atomic E-state index is 12.1. The van der Waals surface area contributed by atoms with Crippen LogP contribution in [0.4, 0.5) is 0 Å². The number of para-hydroxylation sites is 1. The minimum absolute atomic E-state index is 0.0195. The van der Waals surface area contributed by atoms with E-state index in [1.54, 1.807) is 19.1 Å². The lowest BCUT2D eigenvalue weighted by Gasteiger charge is -2.18. The molecule has 0 aliphatic heterocycles. The number of benzene rings is 1. The molecule has 2 aromatic rings. The van der Waals surface area contributed by atoms with Gasteiger partial charge in [-0.05, 0) is 6.07 Å². The van der Waals surface area contributed by atoms with E-state index in [1.165, 1.54) is 22.8 Å². The normalized spacial score (nSPS) is 10.4. The van der Waals surface area contributed by atoms with Crippen molar-refractivity contribution in [1.29, 1.82) is 0 Å². The number of methoxy groups -OCH3 is 1. The van der Waals surface area contributed by atoms with E-state index >= 15 is 0 Å². The molecule has 1 aromatic carbocycles. The highest BCUT2D eigenvalue weighted by atomic mass is 32.2. The molecule has 1 heterocycles. The Hall–Kier alpha value is -2.22. The highest BCUT2D eigenvalue weighted by Gasteiger charge is 2.13. The van der Waals surface area contributed by atoms with Crippen LogP contribution in [0, 0.1) is 0 Å². The first-order valence-corrected chi connectivity index (χ1v) is 7.24. The molecule has 8 heteroatoms. The fourth-order valence-corrected chi connectivity index (χ4v) is 2.52. The van der Waals surface area contributed by atoms with Crippen molar-refractivity contribution >= 4 is 17.7 Å². The molecule has 0 atom stereocenters. The van der Waals surface area contributed by atoms with Crippen LogP contribution in [-0.2, 0) is 11.3 Å².